The molecule has 1 aromatic rings. The Kier molecular flexibility index (Phi) is 3.96. The summed E-state index contributed by atoms with van der Waals surface area (Å²) in [6.07, 6.45) is 2.51. The van der Waals surface area contributed by atoms with E-state index in [4.69, 9.17) is 22.1 Å². The molecule has 1 saturated carbocycles. The van der Waals surface area contributed by atoms with Crippen LogP contribution in [0.5, 0.6) is 5.75 Å². The van der Waals surface area contributed by atoms with E-state index in [0.717, 1.165) is 36.4 Å². The van der Waals surface area contributed by atoms with Crippen molar-refractivity contribution in [2.75, 3.05) is 26.2 Å². The van der Waals surface area contributed by atoms with Gasteiger partial charge in [0.05, 0.1) is 0 Å². The first kappa shape index (κ1) is 13.2. The maximum absolute atomic E-state index is 6.15. The second kappa shape index (κ2) is 5.70. The molecule has 0 spiro atoms. The van der Waals surface area contributed by atoms with Gasteiger partial charge in [-0.3, -0.25) is 4.90 Å². The van der Waals surface area contributed by atoms with Crippen LogP contribution in [0.15, 0.2) is 24.3 Å². The summed E-state index contributed by atoms with van der Waals surface area (Å²) in [5.41, 5.74) is 6.15. The molecule has 1 aromatic carbocycles. The molecule has 0 aromatic heterocycles. The van der Waals surface area contributed by atoms with Crippen molar-refractivity contribution in [1.82, 2.24) is 4.90 Å². The number of fused-ring (bicyclic) bond motifs is 1. The van der Waals surface area contributed by atoms with E-state index in [-0.39, 0.29) is 0 Å². The zero-order chi connectivity index (χ0) is 13.2. The van der Waals surface area contributed by atoms with E-state index in [1.165, 1.54) is 19.4 Å². The minimum Gasteiger partial charge on any atom is -0.492 e. The quantitative estimate of drug-likeness (QED) is 0.920. The summed E-state index contributed by atoms with van der Waals surface area (Å²) >= 11 is 5.93. The monoisotopic (exact) mass is 280 g/mol. The van der Waals surface area contributed by atoms with Gasteiger partial charge in [-0.15, -0.1) is 0 Å². The Morgan fingerprint density at radius 3 is 3.00 bits per heavy atom. The van der Waals surface area contributed by atoms with Crippen LogP contribution in [0.4, 0.5) is 0 Å². The minimum atomic E-state index is 0.420. The Hall–Kier alpha value is -0.770. The van der Waals surface area contributed by atoms with Crippen LogP contribution >= 0.6 is 11.6 Å². The molecule has 2 fully saturated rings. The number of benzene rings is 1. The topological polar surface area (TPSA) is 38.5 Å². The van der Waals surface area contributed by atoms with Crippen LogP contribution in [0.25, 0.3) is 0 Å². The van der Waals surface area contributed by atoms with Gasteiger partial charge in [0.1, 0.15) is 12.4 Å². The van der Waals surface area contributed by atoms with Gasteiger partial charge >= 0.3 is 0 Å². The highest BCUT2D eigenvalue weighted by Gasteiger charge is 2.40. The van der Waals surface area contributed by atoms with Crippen molar-refractivity contribution < 1.29 is 4.74 Å². The number of ether oxygens (including phenoxy) is 1. The summed E-state index contributed by atoms with van der Waals surface area (Å²) in [6.45, 7) is 4.03. The Bertz CT molecular complexity index is 440. The van der Waals surface area contributed by atoms with Crippen molar-refractivity contribution in [3.63, 3.8) is 0 Å². The zero-order valence-electron chi connectivity index (χ0n) is 11.1. The highest BCUT2D eigenvalue weighted by molar-refractivity contribution is 6.30. The normalized spacial score (nSPS) is 30.5. The van der Waals surface area contributed by atoms with E-state index in [2.05, 4.69) is 4.90 Å². The highest BCUT2D eigenvalue weighted by Crippen LogP contribution is 2.36. The predicted molar refractivity (Wildman–Crippen MR) is 77.6 cm³/mol. The van der Waals surface area contributed by atoms with Crippen LogP contribution in [0, 0.1) is 11.8 Å². The summed E-state index contributed by atoms with van der Waals surface area (Å²) in [6, 6.07) is 7.99. The predicted octanol–water partition coefficient (Wildman–Crippen LogP) is 2.39. The first-order chi connectivity index (χ1) is 9.22. The molecule has 3 nitrogen and oxygen atoms in total. The fourth-order valence-corrected chi connectivity index (χ4v) is 3.61. The molecule has 0 radical (unpaired) electrons. The summed E-state index contributed by atoms with van der Waals surface area (Å²) in [5.74, 6) is 2.39. The van der Waals surface area contributed by atoms with Crippen LogP contribution in [0.3, 0.4) is 0 Å². The van der Waals surface area contributed by atoms with Crippen LogP contribution in [0.2, 0.25) is 5.02 Å². The lowest BCUT2D eigenvalue weighted by Gasteiger charge is -2.18. The molecule has 19 heavy (non-hydrogen) atoms. The SMILES string of the molecule is NC1CCC2CN(CCOc3cccc(Cl)c3)CC12. The molecule has 4 heteroatoms. The van der Waals surface area contributed by atoms with E-state index in [1.54, 1.807) is 0 Å². The van der Waals surface area contributed by atoms with Crippen molar-refractivity contribution in [2.24, 2.45) is 17.6 Å². The van der Waals surface area contributed by atoms with Crippen LogP contribution in [-0.4, -0.2) is 37.2 Å². The van der Waals surface area contributed by atoms with Gasteiger partial charge < -0.3 is 10.5 Å². The largest absolute Gasteiger partial charge is 0.492 e. The first-order valence-electron chi connectivity index (χ1n) is 7.08. The molecule has 0 bridgehead atoms. The van der Waals surface area contributed by atoms with Gasteiger partial charge in [-0.05, 0) is 42.9 Å². The zero-order valence-corrected chi connectivity index (χ0v) is 11.9. The maximum atomic E-state index is 6.15. The first-order valence-corrected chi connectivity index (χ1v) is 7.46. The summed E-state index contributed by atoms with van der Waals surface area (Å²) in [4.78, 5) is 2.49. The number of nitrogens with two attached hydrogens (primary N) is 1. The summed E-state index contributed by atoms with van der Waals surface area (Å²) in [7, 11) is 0. The van der Waals surface area contributed by atoms with Gasteiger partial charge in [0.15, 0.2) is 0 Å². The number of rotatable bonds is 4. The van der Waals surface area contributed by atoms with Crippen molar-refractivity contribution >= 4 is 11.6 Å². The standard InChI is InChI=1S/C15H21ClN2O/c16-12-2-1-3-13(8-12)19-7-6-18-9-11-4-5-15(17)14(11)10-18/h1-3,8,11,14-15H,4-7,9-10,17H2. The van der Waals surface area contributed by atoms with Crippen LogP contribution in [0.1, 0.15) is 12.8 Å². The average molecular weight is 281 g/mol. The fraction of sp³-hybridized carbons (Fsp3) is 0.600. The van der Waals surface area contributed by atoms with E-state index in [9.17, 15) is 0 Å². The second-order valence-electron chi connectivity index (χ2n) is 5.73. The molecule has 3 rings (SSSR count). The van der Waals surface area contributed by atoms with E-state index in [1.807, 2.05) is 24.3 Å². The molecule has 104 valence electrons. The van der Waals surface area contributed by atoms with Gasteiger partial charge in [-0.1, -0.05) is 17.7 Å². The molecule has 3 unspecified atom stereocenters. The molecule has 2 N–H and O–H groups in total. The lowest BCUT2D eigenvalue weighted by atomic mass is 9.98. The lowest BCUT2D eigenvalue weighted by Crippen LogP contribution is -2.32. The summed E-state index contributed by atoms with van der Waals surface area (Å²) in [5, 5.41) is 0.721. The van der Waals surface area contributed by atoms with E-state index < -0.39 is 0 Å². The third-order valence-corrected chi connectivity index (χ3v) is 4.70. The van der Waals surface area contributed by atoms with E-state index >= 15 is 0 Å². The molecular weight excluding hydrogens is 260 g/mol. The minimum absolute atomic E-state index is 0.420. The second-order valence-corrected chi connectivity index (χ2v) is 6.17. The molecule has 3 atom stereocenters. The number of hydrogen-bond donors (Lipinski definition) is 1. The molecule has 0 amide bonds. The van der Waals surface area contributed by atoms with Gasteiger partial charge in [-0.25, -0.2) is 0 Å². The average Bonchev–Trinajstić information content (AvgIpc) is 2.92. The van der Waals surface area contributed by atoms with E-state index in [0.29, 0.717) is 12.0 Å². The smallest absolute Gasteiger partial charge is 0.120 e. The molecule has 1 aliphatic carbocycles. The Labute approximate surface area is 119 Å². The van der Waals surface area contributed by atoms with Gasteiger partial charge in [0.2, 0.25) is 0 Å². The molecular formula is C15H21ClN2O. The third kappa shape index (κ3) is 3.04. The van der Waals surface area contributed by atoms with Crippen molar-refractivity contribution in [1.29, 1.82) is 0 Å². The van der Waals surface area contributed by atoms with Gasteiger partial charge in [-0.2, -0.15) is 0 Å². The Morgan fingerprint density at radius 1 is 1.32 bits per heavy atom. The van der Waals surface area contributed by atoms with Gasteiger partial charge in [0, 0.05) is 30.7 Å². The third-order valence-electron chi connectivity index (χ3n) is 4.46. The Balaban J connectivity index is 1.44. The van der Waals surface area contributed by atoms with Crippen LogP contribution < -0.4 is 10.5 Å². The van der Waals surface area contributed by atoms with Crippen molar-refractivity contribution in [3.8, 4) is 5.75 Å². The number of nitrogens with zero attached hydrogens (tertiary/aromatic N) is 1. The van der Waals surface area contributed by atoms with Crippen molar-refractivity contribution in [2.45, 2.75) is 18.9 Å². The molecule has 1 aliphatic heterocycles. The fourth-order valence-electron chi connectivity index (χ4n) is 3.43. The number of halogens is 1. The van der Waals surface area contributed by atoms with Gasteiger partial charge in [0.25, 0.3) is 0 Å². The molecule has 2 aliphatic rings. The summed E-state index contributed by atoms with van der Waals surface area (Å²) < 4.78 is 5.74. The van der Waals surface area contributed by atoms with Crippen molar-refractivity contribution in [3.05, 3.63) is 29.3 Å². The molecule has 1 heterocycles. The number of likely N-dealkylation sites (tertiary alicyclic amines) is 1. The highest BCUT2D eigenvalue weighted by atomic mass is 35.5. The Morgan fingerprint density at radius 2 is 2.21 bits per heavy atom. The number of hydrogen-bond acceptors (Lipinski definition) is 3. The maximum Gasteiger partial charge on any atom is 0.120 e. The molecule has 1 saturated heterocycles. The van der Waals surface area contributed by atoms with Crippen LogP contribution in [-0.2, 0) is 0 Å². The lowest BCUT2D eigenvalue weighted by molar-refractivity contribution is 0.226.